The van der Waals surface area contributed by atoms with E-state index in [0.29, 0.717) is 6.42 Å². The molecule has 0 aromatic carbocycles. The lowest BCUT2D eigenvalue weighted by molar-refractivity contribution is 0.0975. The summed E-state index contributed by atoms with van der Waals surface area (Å²) < 4.78 is 1.73. The number of hydrogen-bond acceptors (Lipinski definition) is 3. The van der Waals surface area contributed by atoms with Gasteiger partial charge in [0.1, 0.15) is 0 Å². The van der Waals surface area contributed by atoms with E-state index in [1.165, 1.54) is 0 Å². The molecule has 1 atom stereocenters. The summed E-state index contributed by atoms with van der Waals surface area (Å²) in [6, 6.07) is -0.0958. The molecule has 4 nitrogen and oxygen atoms in total. The maximum Gasteiger partial charge on any atom is 0.168 e. The van der Waals surface area contributed by atoms with Crippen molar-refractivity contribution >= 4 is 5.78 Å². The van der Waals surface area contributed by atoms with Crippen LogP contribution in [0.15, 0.2) is 0 Å². The number of carbonyl (C=O) groups excluding carboxylic acids is 1. The van der Waals surface area contributed by atoms with Gasteiger partial charge in [-0.15, -0.1) is 0 Å². The van der Waals surface area contributed by atoms with Crippen molar-refractivity contribution < 1.29 is 4.79 Å². The summed E-state index contributed by atoms with van der Waals surface area (Å²) in [4.78, 5) is 11.8. The molecular formula is C10H17N3O. The first kappa shape index (κ1) is 10.9. The normalized spacial score (nSPS) is 12.9. The highest BCUT2D eigenvalue weighted by molar-refractivity contribution is 5.98. The third-order valence-electron chi connectivity index (χ3n) is 2.30. The van der Waals surface area contributed by atoms with E-state index in [9.17, 15) is 4.79 Å². The van der Waals surface area contributed by atoms with Gasteiger partial charge in [0.25, 0.3) is 0 Å². The van der Waals surface area contributed by atoms with Gasteiger partial charge in [-0.3, -0.25) is 9.48 Å². The van der Waals surface area contributed by atoms with Crippen molar-refractivity contribution in [2.45, 2.75) is 33.2 Å². The molecule has 0 saturated carbocycles. The summed E-state index contributed by atoms with van der Waals surface area (Å²) in [7, 11) is 1.84. The van der Waals surface area contributed by atoms with E-state index in [1.807, 2.05) is 27.8 Å². The number of nitrogens with zero attached hydrogens (tertiary/aromatic N) is 2. The Kier molecular flexibility index (Phi) is 3.06. The van der Waals surface area contributed by atoms with Crippen LogP contribution < -0.4 is 5.73 Å². The van der Waals surface area contributed by atoms with Gasteiger partial charge in [0, 0.05) is 25.2 Å². The van der Waals surface area contributed by atoms with Gasteiger partial charge in [0.05, 0.1) is 11.3 Å². The number of rotatable bonds is 3. The van der Waals surface area contributed by atoms with E-state index < -0.39 is 0 Å². The number of aryl methyl sites for hydroxylation is 2. The van der Waals surface area contributed by atoms with Gasteiger partial charge in [-0.25, -0.2) is 0 Å². The highest BCUT2D eigenvalue weighted by Crippen LogP contribution is 2.14. The van der Waals surface area contributed by atoms with Crippen LogP contribution in [0.3, 0.4) is 0 Å². The lowest BCUT2D eigenvalue weighted by Crippen LogP contribution is -2.20. The zero-order valence-corrected chi connectivity index (χ0v) is 9.16. The molecule has 14 heavy (non-hydrogen) atoms. The summed E-state index contributed by atoms with van der Waals surface area (Å²) in [5, 5.41) is 4.19. The molecule has 0 radical (unpaired) electrons. The average molecular weight is 195 g/mol. The molecule has 0 aliphatic carbocycles. The quantitative estimate of drug-likeness (QED) is 0.731. The van der Waals surface area contributed by atoms with E-state index in [1.54, 1.807) is 4.68 Å². The Morgan fingerprint density at radius 3 is 2.50 bits per heavy atom. The van der Waals surface area contributed by atoms with Gasteiger partial charge >= 0.3 is 0 Å². The number of aromatic nitrogens is 2. The summed E-state index contributed by atoms with van der Waals surface area (Å²) >= 11 is 0. The van der Waals surface area contributed by atoms with Gasteiger partial charge in [0.2, 0.25) is 0 Å². The van der Waals surface area contributed by atoms with Crippen molar-refractivity contribution in [2.75, 3.05) is 0 Å². The predicted octanol–water partition coefficient (Wildman–Crippen LogP) is 0.957. The third kappa shape index (κ3) is 2.01. The van der Waals surface area contributed by atoms with Crippen molar-refractivity contribution in [2.24, 2.45) is 12.8 Å². The molecule has 1 heterocycles. The molecule has 1 aromatic heterocycles. The van der Waals surface area contributed by atoms with Gasteiger partial charge in [0.15, 0.2) is 5.78 Å². The van der Waals surface area contributed by atoms with Crippen LogP contribution in [0.1, 0.15) is 35.1 Å². The second-order valence-electron chi connectivity index (χ2n) is 3.77. The van der Waals surface area contributed by atoms with Gasteiger partial charge in [-0.05, 0) is 20.8 Å². The minimum Gasteiger partial charge on any atom is -0.328 e. The van der Waals surface area contributed by atoms with E-state index in [0.717, 1.165) is 17.0 Å². The third-order valence-corrected chi connectivity index (χ3v) is 2.30. The Bertz CT molecular complexity index is 352. The number of hydrogen-bond donors (Lipinski definition) is 1. The molecule has 0 aliphatic rings. The van der Waals surface area contributed by atoms with Gasteiger partial charge in [-0.1, -0.05) is 0 Å². The maximum absolute atomic E-state index is 11.8. The van der Waals surface area contributed by atoms with Crippen molar-refractivity contribution in [3.63, 3.8) is 0 Å². The lowest BCUT2D eigenvalue weighted by Gasteiger charge is -2.04. The maximum atomic E-state index is 11.8. The highest BCUT2D eigenvalue weighted by Gasteiger charge is 2.17. The number of nitrogens with two attached hydrogens (primary N) is 1. The van der Waals surface area contributed by atoms with Crippen molar-refractivity contribution in [3.05, 3.63) is 17.0 Å². The van der Waals surface area contributed by atoms with Crippen LogP contribution in [0.4, 0.5) is 0 Å². The van der Waals surface area contributed by atoms with Gasteiger partial charge in [-0.2, -0.15) is 5.10 Å². The summed E-state index contributed by atoms with van der Waals surface area (Å²) in [6.45, 7) is 5.58. The first-order valence-electron chi connectivity index (χ1n) is 4.72. The van der Waals surface area contributed by atoms with Crippen molar-refractivity contribution in [3.8, 4) is 0 Å². The Morgan fingerprint density at radius 2 is 2.14 bits per heavy atom. The number of Topliss-reactive ketones (excluding diaryl/α,β-unsaturated/α-hetero) is 1. The fourth-order valence-electron chi connectivity index (χ4n) is 1.57. The smallest absolute Gasteiger partial charge is 0.168 e. The molecule has 1 rings (SSSR count). The Labute approximate surface area is 84.1 Å². The van der Waals surface area contributed by atoms with E-state index in [4.69, 9.17) is 5.73 Å². The molecule has 4 heteroatoms. The minimum absolute atomic E-state index is 0.0862. The van der Waals surface area contributed by atoms with E-state index >= 15 is 0 Å². The molecule has 0 bridgehead atoms. The summed E-state index contributed by atoms with van der Waals surface area (Å²) in [5.74, 6) is 0.0862. The molecule has 2 N–H and O–H groups in total. The second kappa shape index (κ2) is 3.92. The second-order valence-corrected chi connectivity index (χ2v) is 3.77. The molecule has 0 aliphatic heterocycles. The average Bonchev–Trinajstić information content (AvgIpc) is 2.25. The molecule has 78 valence electrons. The van der Waals surface area contributed by atoms with E-state index in [2.05, 4.69) is 5.10 Å². The van der Waals surface area contributed by atoms with Crippen molar-refractivity contribution in [1.82, 2.24) is 9.78 Å². The van der Waals surface area contributed by atoms with E-state index in [-0.39, 0.29) is 11.8 Å². The summed E-state index contributed by atoms with van der Waals surface area (Å²) in [6.07, 6.45) is 0.382. The molecular weight excluding hydrogens is 178 g/mol. The molecule has 0 amide bonds. The zero-order chi connectivity index (χ0) is 10.9. The zero-order valence-electron chi connectivity index (χ0n) is 9.16. The van der Waals surface area contributed by atoms with Crippen LogP contribution in [0, 0.1) is 13.8 Å². The topological polar surface area (TPSA) is 60.9 Å². The minimum atomic E-state index is -0.0958. The molecule has 0 spiro atoms. The van der Waals surface area contributed by atoms with Gasteiger partial charge < -0.3 is 5.73 Å². The lowest BCUT2D eigenvalue weighted by atomic mass is 10.0. The standard InChI is InChI=1S/C10H17N3O/c1-6(11)5-9(14)10-7(2)12-13(4)8(10)3/h6H,5,11H2,1-4H3. The Morgan fingerprint density at radius 1 is 1.57 bits per heavy atom. The SMILES string of the molecule is Cc1nn(C)c(C)c1C(=O)CC(C)N. The monoisotopic (exact) mass is 195 g/mol. The van der Waals surface area contributed by atoms with Crippen LogP contribution in [-0.4, -0.2) is 21.6 Å². The Hall–Kier alpha value is -1.16. The van der Waals surface area contributed by atoms with Crippen LogP contribution >= 0.6 is 0 Å². The van der Waals surface area contributed by atoms with Crippen LogP contribution in [-0.2, 0) is 7.05 Å². The fraction of sp³-hybridized carbons (Fsp3) is 0.600. The number of ketones is 1. The first-order chi connectivity index (χ1) is 6.43. The largest absolute Gasteiger partial charge is 0.328 e. The van der Waals surface area contributed by atoms with Crippen LogP contribution in [0.25, 0.3) is 0 Å². The van der Waals surface area contributed by atoms with Crippen LogP contribution in [0.2, 0.25) is 0 Å². The Balaban J connectivity index is 3.00. The number of carbonyl (C=O) groups is 1. The first-order valence-corrected chi connectivity index (χ1v) is 4.72. The predicted molar refractivity (Wildman–Crippen MR) is 55.3 cm³/mol. The highest BCUT2D eigenvalue weighted by atomic mass is 16.1. The van der Waals surface area contributed by atoms with Crippen molar-refractivity contribution in [1.29, 1.82) is 0 Å². The fourth-order valence-corrected chi connectivity index (χ4v) is 1.57. The summed E-state index contributed by atoms with van der Waals surface area (Å²) in [5.41, 5.74) is 8.01. The molecule has 1 aromatic rings. The van der Waals surface area contributed by atoms with Crippen LogP contribution in [0.5, 0.6) is 0 Å². The molecule has 0 fully saturated rings. The molecule has 1 unspecified atom stereocenters. The molecule has 0 saturated heterocycles.